The third kappa shape index (κ3) is 4.02. The van der Waals surface area contributed by atoms with Gasteiger partial charge in [0.1, 0.15) is 11.4 Å². The van der Waals surface area contributed by atoms with E-state index in [9.17, 15) is 4.79 Å². The summed E-state index contributed by atoms with van der Waals surface area (Å²) >= 11 is 0. The van der Waals surface area contributed by atoms with Crippen molar-refractivity contribution in [3.05, 3.63) is 29.8 Å². The fraction of sp³-hybridized carbons (Fsp3) is 0.417. The molecule has 0 heterocycles. The number of carbonyl (C=O) groups is 1. The predicted octanol–water partition coefficient (Wildman–Crippen LogP) is 2.49. The number of ether oxygens (including phenoxy) is 1. The molecule has 0 unspecified atom stereocenters. The minimum atomic E-state index is -0.847. The molecule has 0 aliphatic carbocycles. The van der Waals surface area contributed by atoms with Gasteiger partial charge >= 0.3 is 5.97 Å². The summed E-state index contributed by atoms with van der Waals surface area (Å²) in [6.45, 7) is 5.81. The minimum absolute atomic E-state index is 0.00769. The minimum Gasteiger partial charge on any atom is -0.488 e. The summed E-state index contributed by atoms with van der Waals surface area (Å²) in [7, 11) is 0. The molecule has 0 atom stereocenters. The van der Waals surface area contributed by atoms with E-state index in [0.29, 0.717) is 11.3 Å². The largest absolute Gasteiger partial charge is 0.488 e. The van der Waals surface area contributed by atoms with Gasteiger partial charge in [-0.2, -0.15) is 0 Å². The summed E-state index contributed by atoms with van der Waals surface area (Å²) in [6.07, 6.45) is -0.00769. The second-order valence-electron chi connectivity index (χ2n) is 4.39. The Hall–Kier alpha value is -1.51. The number of hydrogen-bond acceptors (Lipinski definition) is 2. The number of aliphatic carboxylic acids is 1. The van der Waals surface area contributed by atoms with Gasteiger partial charge in [0.15, 0.2) is 0 Å². The fourth-order valence-electron chi connectivity index (χ4n) is 1.24. The number of hydrogen-bond donors (Lipinski definition) is 1. The molecule has 0 bridgehead atoms. The van der Waals surface area contributed by atoms with Gasteiger partial charge in [-0.15, -0.1) is 0 Å². The quantitative estimate of drug-likeness (QED) is 0.830. The lowest BCUT2D eigenvalue weighted by molar-refractivity contribution is -0.136. The van der Waals surface area contributed by atoms with Crippen LogP contribution in [0.4, 0.5) is 0 Å². The van der Waals surface area contributed by atoms with Crippen LogP contribution < -0.4 is 4.74 Å². The van der Waals surface area contributed by atoms with Crippen LogP contribution in [0.2, 0.25) is 0 Å². The molecular weight excluding hydrogens is 192 g/mol. The van der Waals surface area contributed by atoms with E-state index in [1.165, 1.54) is 0 Å². The molecule has 0 spiro atoms. The Labute approximate surface area is 89.7 Å². The second-order valence-corrected chi connectivity index (χ2v) is 4.39. The molecule has 3 heteroatoms. The molecule has 0 aromatic heterocycles. The van der Waals surface area contributed by atoms with E-state index in [4.69, 9.17) is 9.84 Å². The Morgan fingerprint density at radius 1 is 1.33 bits per heavy atom. The average molecular weight is 208 g/mol. The van der Waals surface area contributed by atoms with Gasteiger partial charge in [-0.25, -0.2) is 0 Å². The van der Waals surface area contributed by atoms with Crippen molar-refractivity contribution >= 4 is 5.97 Å². The van der Waals surface area contributed by atoms with E-state index in [-0.39, 0.29) is 12.0 Å². The van der Waals surface area contributed by atoms with E-state index < -0.39 is 5.97 Å². The van der Waals surface area contributed by atoms with Gasteiger partial charge in [0.2, 0.25) is 0 Å². The maximum Gasteiger partial charge on any atom is 0.307 e. The van der Waals surface area contributed by atoms with Crippen LogP contribution in [-0.2, 0) is 11.2 Å². The SMILES string of the molecule is CC(C)(C)Oc1ccccc1CC(=O)O. The van der Waals surface area contributed by atoms with E-state index in [1.54, 1.807) is 12.1 Å². The highest BCUT2D eigenvalue weighted by molar-refractivity contribution is 5.71. The summed E-state index contributed by atoms with van der Waals surface area (Å²) < 4.78 is 5.67. The number of benzene rings is 1. The molecule has 0 aliphatic heterocycles. The summed E-state index contributed by atoms with van der Waals surface area (Å²) in [5, 5.41) is 8.73. The van der Waals surface area contributed by atoms with Crippen LogP contribution in [0, 0.1) is 0 Å². The van der Waals surface area contributed by atoms with E-state index in [0.717, 1.165) is 0 Å². The fourth-order valence-corrected chi connectivity index (χ4v) is 1.24. The zero-order chi connectivity index (χ0) is 11.5. The molecule has 1 rings (SSSR count). The van der Waals surface area contributed by atoms with E-state index >= 15 is 0 Å². The van der Waals surface area contributed by atoms with Crippen molar-refractivity contribution in [3.63, 3.8) is 0 Å². The van der Waals surface area contributed by atoms with Gasteiger partial charge in [-0.3, -0.25) is 4.79 Å². The normalized spacial score (nSPS) is 11.1. The molecule has 1 N–H and O–H groups in total. The molecule has 1 aromatic carbocycles. The van der Waals surface area contributed by atoms with Crippen molar-refractivity contribution in [1.82, 2.24) is 0 Å². The summed E-state index contributed by atoms with van der Waals surface area (Å²) in [5.41, 5.74) is 0.397. The van der Waals surface area contributed by atoms with Crippen LogP contribution in [0.3, 0.4) is 0 Å². The van der Waals surface area contributed by atoms with Crippen molar-refractivity contribution in [3.8, 4) is 5.75 Å². The highest BCUT2D eigenvalue weighted by Gasteiger charge is 2.15. The lowest BCUT2D eigenvalue weighted by Gasteiger charge is -2.22. The van der Waals surface area contributed by atoms with Crippen molar-refractivity contribution in [2.75, 3.05) is 0 Å². The van der Waals surface area contributed by atoms with Crippen molar-refractivity contribution in [2.45, 2.75) is 32.8 Å². The molecule has 82 valence electrons. The smallest absolute Gasteiger partial charge is 0.307 e. The van der Waals surface area contributed by atoms with Crippen LogP contribution in [0.15, 0.2) is 24.3 Å². The summed E-state index contributed by atoms with van der Waals surface area (Å²) in [4.78, 5) is 10.6. The molecule has 0 radical (unpaired) electrons. The maximum atomic E-state index is 10.6. The predicted molar refractivity (Wildman–Crippen MR) is 58.2 cm³/mol. The standard InChI is InChI=1S/C12H16O3/c1-12(2,3)15-10-7-5-4-6-9(10)8-11(13)14/h4-7H,8H2,1-3H3,(H,13,14). The Morgan fingerprint density at radius 3 is 2.47 bits per heavy atom. The van der Waals surface area contributed by atoms with E-state index in [1.807, 2.05) is 32.9 Å². The average Bonchev–Trinajstić information content (AvgIpc) is 2.05. The lowest BCUT2D eigenvalue weighted by atomic mass is 10.1. The third-order valence-electron chi connectivity index (χ3n) is 1.73. The Kier molecular flexibility index (Phi) is 3.35. The molecule has 0 saturated carbocycles. The molecule has 0 amide bonds. The molecule has 0 saturated heterocycles. The van der Waals surface area contributed by atoms with Gasteiger partial charge in [-0.05, 0) is 26.8 Å². The number of para-hydroxylation sites is 1. The van der Waals surface area contributed by atoms with Gasteiger partial charge in [0.05, 0.1) is 6.42 Å². The van der Waals surface area contributed by atoms with Crippen LogP contribution in [0.5, 0.6) is 5.75 Å². The summed E-state index contributed by atoms with van der Waals surface area (Å²) in [5.74, 6) is -0.202. The third-order valence-corrected chi connectivity index (χ3v) is 1.73. The molecule has 0 aliphatic rings. The number of carboxylic acid groups (broad SMARTS) is 1. The zero-order valence-corrected chi connectivity index (χ0v) is 9.28. The van der Waals surface area contributed by atoms with Gasteiger partial charge in [-0.1, -0.05) is 18.2 Å². The molecule has 0 fully saturated rings. The first-order valence-corrected chi connectivity index (χ1v) is 4.87. The van der Waals surface area contributed by atoms with Gasteiger partial charge in [0, 0.05) is 5.56 Å². The van der Waals surface area contributed by atoms with E-state index in [2.05, 4.69) is 0 Å². The Bertz CT molecular complexity index is 350. The van der Waals surface area contributed by atoms with Gasteiger partial charge < -0.3 is 9.84 Å². The Balaban J connectivity index is 2.91. The highest BCUT2D eigenvalue weighted by atomic mass is 16.5. The first kappa shape index (κ1) is 11.6. The second kappa shape index (κ2) is 4.34. The topological polar surface area (TPSA) is 46.5 Å². The van der Waals surface area contributed by atoms with Crippen LogP contribution in [0.25, 0.3) is 0 Å². The van der Waals surface area contributed by atoms with Crippen molar-refractivity contribution in [1.29, 1.82) is 0 Å². The van der Waals surface area contributed by atoms with Crippen LogP contribution in [0.1, 0.15) is 26.3 Å². The first-order chi connectivity index (χ1) is 6.88. The summed E-state index contributed by atoms with van der Waals surface area (Å²) in [6, 6.07) is 7.22. The zero-order valence-electron chi connectivity index (χ0n) is 9.28. The highest BCUT2D eigenvalue weighted by Crippen LogP contribution is 2.23. The van der Waals surface area contributed by atoms with Gasteiger partial charge in [0.25, 0.3) is 0 Å². The van der Waals surface area contributed by atoms with Crippen molar-refractivity contribution < 1.29 is 14.6 Å². The molecule has 15 heavy (non-hydrogen) atoms. The van der Waals surface area contributed by atoms with Crippen LogP contribution >= 0.6 is 0 Å². The molecular formula is C12H16O3. The van der Waals surface area contributed by atoms with Crippen LogP contribution in [-0.4, -0.2) is 16.7 Å². The Morgan fingerprint density at radius 2 is 1.93 bits per heavy atom. The molecule has 3 nitrogen and oxygen atoms in total. The first-order valence-electron chi connectivity index (χ1n) is 4.87. The lowest BCUT2D eigenvalue weighted by Crippen LogP contribution is -2.23. The number of carboxylic acids is 1. The molecule has 1 aromatic rings. The maximum absolute atomic E-state index is 10.6. The monoisotopic (exact) mass is 208 g/mol. The number of rotatable bonds is 3. The van der Waals surface area contributed by atoms with Crippen molar-refractivity contribution in [2.24, 2.45) is 0 Å².